The summed E-state index contributed by atoms with van der Waals surface area (Å²) in [7, 11) is 0. The number of rotatable bonds is 3. The van der Waals surface area contributed by atoms with Gasteiger partial charge in [0, 0.05) is 24.7 Å². The van der Waals surface area contributed by atoms with Gasteiger partial charge in [-0.25, -0.2) is 0 Å². The number of morpholine rings is 1. The number of nitrogens with zero attached hydrogens (tertiary/aromatic N) is 1. The molecule has 1 aromatic carbocycles. The van der Waals surface area contributed by atoms with Crippen LogP contribution < -0.4 is 4.90 Å². The molecule has 0 radical (unpaired) electrons. The van der Waals surface area contributed by atoms with E-state index in [1.807, 2.05) is 4.90 Å². The second-order valence-electron chi connectivity index (χ2n) is 4.52. The molecule has 19 heavy (non-hydrogen) atoms. The van der Waals surface area contributed by atoms with Crippen molar-refractivity contribution in [3.8, 4) is 5.75 Å². The predicted octanol–water partition coefficient (Wildman–Crippen LogP) is 2.07. The SMILES string of the molecule is CC(C(=O)O)c1cc(Cl)c(N2CCOCC2)cc1O. The average molecular weight is 286 g/mol. The molecule has 2 rings (SSSR count). The van der Waals surface area contributed by atoms with Crippen LogP contribution in [-0.4, -0.2) is 42.5 Å². The highest BCUT2D eigenvalue weighted by molar-refractivity contribution is 6.33. The molecule has 0 saturated carbocycles. The molecule has 0 spiro atoms. The van der Waals surface area contributed by atoms with Crippen molar-refractivity contribution in [2.45, 2.75) is 12.8 Å². The third-order valence-corrected chi connectivity index (χ3v) is 3.59. The van der Waals surface area contributed by atoms with E-state index in [4.69, 9.17) is 21.4 Å². The largest absolute Gasteiger partial charge is 0.508 e. The van der Waals surface area contributed by atoms with Crippen LogP contribution in [0.5, 0.6) is 5.75 Å². The first-order valence-electron chi connectivity index (χ1n) is 6.08. The van der Waals surface area contributed by atoms with Crippen LogP contribution in [0.2, 0.25) is 5.02 Å². The number of phenols is 1. The van der Waals surface area contributed by atoms with Crippen LogP contribution in [0, 0.1) is 0 Å². The molecule has 1 fully saturated rings. The van der Waals surface area contributed by atoms with Crippen molar-refractivity contribution in [3.05, 3.63) is 22.7 Å². The minimum atomic E-state index is -0.995. The lowest BCUT2D eigenvalue weighted by molar-refractivity contribution is -0.138. The Morgan fingerprint density at radius 3 is 2.63 bits per heavy atom. The second kappa shape index (κ2) is 5.67. The number of hydrogen-bond donors (Lipinski definition) is 2. The van der Waals surface area contributed by atoms with E-state index in [0.717, 1.165) is 0 Å². The third kappa shape index (κ3) is 2.93. The molecule has 6 heteroatoms. The smallest absolute Gasteiger partial charge is 0.310 e. The van der Waals surface area contributed by atoms with Crippen LogP contribution in [0.4, 0.5) is 5.69 Å². The van der Waals surface area contributed by atoms with Gasteiger partial charge in [-0.2, -0.15) is 0 Å². The maximum absolute atomic E-state index is 11.0. The molecule has 5 nitrogen and oxygen atoms in total. The van der Waals surface area contributed by atoms with Gasteiger partial charge in [-0.15, -0.1) is 0 Å². The molecule has 1 aromatic rings. The average Bonchev–Trinajstić information content (AvgIpc) is 2.41. The van der Waals surface area contributed by atoms with E-state index in [2.05, 4.69) is 0 Å². The Bertz CT molecular complexity index is 486. The topological polar surface area (TPSA) is 70.0 Å². The van der Waals surface area contributed by atoms with Crippen LogP contribution in [0.25, 0.3) is 0 Å². The van der Waals surface area contributed by atoms with E-state index < -0.39 is 11.9 Å². The Balaban J connectivity index is 2.33. The summed E-state index contributed by atoms with van der Waals surface area (Å²) in [6.45, 7) is 4.15. The molecule has 2 N–H and O–H groups in total. The number of carboxylic acid groups (broad SMARTS) is 1. The van der Waals surface area contributed by atoms with Crippen molar-refractivity contribution in [2.24, 2.45) is 0 Å². The highest BCUT2D eigenvalue weighted by atomic mass is 35.5. The van der Waals surface area contributed by atoms with Crippen molar-refractivity contribution < 1.29 is 19.7 Å². The molecule has 1 heterocycles. The van der Waals surface area contributed by atoms with Gasteiger partial charge >= 0.3 is 5.97 Å². The van der Waals surface area contributed by atoms with Crippen LogP contribution in [-0.2, 0) is 9.53 Å². The zero-order valence-corrected chi connectivity index (χ0v) is 11.4. The van der Waals surface area contributed by atoms with Gasteiger partial charge in [-0.1, -0.05) is 11.6 Å². The zero-order chi connectivity index (χ0) is 14.0. The fourth-order valence-corrected chi connectivity index (χ4v) is 2.38. The Morgan fingerprint density at radius 2 is 2.05 bits per heavy atom. The summed E-state index contributed by atoms with van der Waals surface area (Å²) in [5.41, 5.74) is 1.04. The summed E-state index contributed by atoms with van der Waals surface area (Å²) in [4.78, 5) is 13.0. The summed E-state index contributed by atoms with van der Waals surface area (Å²) in [6, 6.07) is 3.06. The number of aromatic hydroxyl groups is 1. The maximum atomic E-state index is 11.0. The lowest BCUT2D eigenvalue weighted by atomic mass is 9.99. The van der Waals surface area contributed by atoms with Gasteiger partial charge in [0.25, 0.3) is 0 Å². The predicted molar refractivity (Wildman–Crippen MR) is 72.2 cm³/mol. The van der Waals surface area contributed by atoms with Crippen LogP contribution >= 0.6 is 11.6 Å². The highest BCUT2D eigenvalue weighted by Gasteiger charge is 2.22. The van der Waals surface area contributed by atoms with Gasteiger partial charge in [0.1, 0.15) is 5.75 Å². The number of anilines is 1. The van der Waals surface area contributed by atoms with E-state index in [-0.39, 0.29) is 5.75 Å². The van der Waals surface area contributed by atoms with Gasteiger partial charge in [0.15, 0.2) is 0 Å². The van der Waals surface area contributed by atoms with Gasteiger partial charge in [-0.3, -0.25) is 4.79 Å². The Kier molecular flexibility index (Phi) is 4.17. The summed E-state index contributed by atoms with van der Waals surface area (Å²) < 4.78 is 5.26. The Morgan fingerprint density at radius 1 is 1.42 bits per heavy atom. The zero-order valence-electron chi connectivity index (χ0n) is 10.6. The standard InChI is InChI=1S/C13H16ClNO4/c1-8(13(17)18)9-6-10(14)11(7-12(9)16)15-2-4-19-5-3-15/h6-8,16H,2-5H2,1H3,(H,17,18). The van der Waals surface area contributed by atoms with Gasteiger partial charge in [-0.05, 0) is 13.0 Å². The molecule has 104 valence electrons. The minimum absolute atomic E-state index is 0.0409. The van der Waals surface area contributed by atoms with Crippen molar-refractivity contribution in [1.82, 2.24) is 0 Å². The van der Waals surface area contributed by atoms with Crippen molar-refractivity contribution >= 4 is 23.3 Å². The van der Waals surface area contributed by atoms with E-state index in [1.54, 1.807) is 0 Å². The molecule has 0 aliphatic carbocycles. The molecule has 0 aromatic heterocycles. The third-order valence-electron chi connectivity index (χ3n) is 3.28. The first-order chi connectivity index (χ1) is 9.00. The number of ether oxygens (including phenoxy) is 1. The molecule has 1 aliphatic heterocycles. The normalized spacial score (nSPS) is 17.3. The van der Waals surface area contributed by atoms with Crippen LogP contribution in [0.15, 0.2) is 12.1 Å². The number of benzene rings is 1. The van der Waals surface area contributed by atoms with Crippen molar-refractivity contribution in [1.29, 1.82) is 0 Å². The minimum Gasteiger partial charge on any atom is -0.508 e. The monoisotopic (exact) mass is 285 g/mol. The second-order valence-corrected chi connectivity index (χ2v) is 4.93. The summed E-state index contributed by atoms with van der Waals surface area (Å²) in [5, 5.41) is 19.4. The van der Waals surface area contributed by atoms with Gasteiger partial charge in [0.05, 0.1) is 29.8 Å². The number of aliphatic carboxylic acids is 1. The fraction of sp³-hybridized carbons (Fsp3) is 0.462. The molecule has 1 unspecified atom stereocenters. The first kappa shape index (κ1) is 14.0. The van der Waals surface area contributed by atoms with Gasteiger partial charge < -0.3 is 19.8 Å². The molecular weight excluding hydrogens is 270 g/mol. The number of hydrogen-bond acceptors (Lipinski definition) is 4. The van der Waals surface area contributed by atoms with Crippen LogP contribution in [0.1, 0.15) is 18.4 Å². The van der Waals surface area contributed by atoms with Gasteiger partial charge in [0.2, 0.25) is 0 Å². The lowest BCUT2D eigenvalue weighted by Crippen LogP contribution is -2.36. The summed E-state index contributed by atoms with van der Waals surface area (Å²) in [6.07, 6.45) is 0. The van der Waals surface area contributed by atoms with E-state index in [9.17, 15) is 9.90 Å². The molecular formula is C13H16ClNO4. The summed E-state index contributed by atoms with van der Waals surface area (Å²) >= 11 is 6.20. The highest BCUT2D eigenvalue weighted by Crippen LogP contribution is 2.36. The van der Waals surface area contributed by atoms with E-state index >= 15 is 0 Å². The van der Waals surface area contributed by atoms with E-state index in [1.165, 1.54) is 19.1 Å². The summed E-state index contributed by atoms with van der Waals surface area (Å²) in [5.74, 6) is -1.83. The van der Waals surface area contributed by atoms with Crippen LogP contribution in [0.3, 0.4) is 0 Å². The quantitative estimate of drug-likeness (QED) is 0.890. The molecule has 1 atom stereocenters. The lowest BCUT2D eigenvalue weighted by Gasteiger charge is -2.30. The van der Waals surface area contributed by atoms with E-state index in [0.29, 0.717) is 42.6 Å². The fourth-order valence-electron chi connectivity index (χ4n) is 2.09. The maximum Gasteiger partial charge on any atom is 0.310 e. The number of carbonyl (C=O) groups is 1. The Hall–Kier alpha value is -1.46. The number of carboxylic acids is 1. The first-order valence-corrected chi connectivity index (χ1v) is 6.46. The molecule has 1 aliphatic rings. The Labute approximate surface area is 116 Å². The number of phenolic OH excluding ortho intramolecular Hbond substituents is 1. The molecule has 1 saturated heterocycles. The number of halogens is 1. The molecule has 0 bridgehead atoms. The van der Waals surface area contributed by atoms with Crippen molar-refractivity contribution in [2.75, 3.05) is 31.2 Å². The molecule has 0 amide bonds. The van der Waals surface area contributed by atoms with Crippen molar-refractivity contribution in [3.63, 3.8) is 0 Å².